The third-order valence-electron chi connectivity index (χ3n) is 4.56. The van der Waals surface area contributed by atoms with E-state index < -0.39 is 5.60 Å². The molecule has 2 nitrogen and oxygen atoms in total. The van der Waals surface area contributed by atoms with E-state index in [4.69, 9.17) is 5.73 Å². The molecule has 0 radical (unpaired) electrons. The van der Waals surface area contributed by atoms with Crippen molar-refractivity contribution >= 4 is 0 Å². The first-order chi connectivity index (χ1) is 8.49. The van der Waals surface area contributed by atoms with E-state index in [1.807, 2.05) is 6.92 Å². The highest BCUT2D eigenvalue weighted by Gasteiger charge is 2.47. The van der Waals surface area contributed by atoms with Crippen LogP contribution in [-0.2, 0) is 6.42 Å². The molecule has 0 saturated heterocycles. The van der Waals surface area contributed by atoms with Gasteiger partial charge in [-0.1, -0.05) is 25.0 Å². The molecule has 0 aliphatic heterocycles. The van der Waals surface area contributed by atoms with Gasteiger partial charge in [0.15, 0.2) is 0 Å². The van der Waals surface area contributed by atoms with Gasteiger partial charge in [-0.3, -0.25) is 0 Å². The number of rotatable bonds is 4. The summed E-state index contributed by atoms with van der Waals surface area (Å²) in [6, 6.07) is 6.36. The standard InChI is InChI=1S/C15H22FNO/c1-14(18,15(11-17)8-2-3-9-15)10-12-4-6-13(16)7-5-12/h4-7,18H,2-3,8-11,17H2,1H3. The van der Waals surface area contributed by atoms with Crippen molar-refractivity contribution in [1.29, 1.82) is 0 Å². The second-order valence-electron chi connectivity index (χ2n) is 5.77. The molecule has 3 heteroatoms. The first-order valence-corrected chi connectivity index (χ1v) is 6.66. The zero-order chi connectivity index (χ0) is 13.2. The van der Waals surface area contributed by atoms with Crippen LogP contribution in [0.15, 0.2) is 24.3 Å². The van der Waals surface area contributed by atoms with E-state index in [2.05, 4.69) is 0 Å². The molecular formula is C15H22FNO. The molecule has 1 fully saturated rings. The largest absolute Gasteiger partial charge is 0.389 e. The Kier molecular flexibility index (Phi) is 3.74. The molecule has 0 amide bonds. The molecule has 0 bridgehead atoms. The van der Waals surface area contributed by atoms with Crippen LogP contribution in [0.1, 0.15) is 38.2 Å². The molecule has 1 aromatic rings. The van der Waals surface area contributed by atoms with E-state index in [1.54, 1.807) is 12.1 Å². The van der Waals surface area contributed by atoms with Crippen LogP contribution in [0.5, 0.6) is 0 Å². The Labute approximate surface area is 108 Å². The SMILES string of the molecule is CC(O)(Cc1ccc(F)cc1)C1(CN)CCCC1. The second kappa shape index (κ2) is 4.98. The number of aliphatic hydroxyl groups is 1. The molecule has 1 aliphatic rings. The molecule has 1 atom stereocenters. The molecule has 2 rings (SSSR count). The van der Waals surface area contributed by atoms with Crippen molar-refractivity contribution in [3.05, 3.63) is 35.6 Å². The summed E-state index contributed by atoms with van der Waals surface area (Å²) < 4.78 is 12.9. The molecule has 0 spiro atoms. The highest BCUT2D eigenvalue weighted by Crippen LogP contribution is 2.47. The van der Waals surface area contributed by atoms with Crippen LogP contribution >= 0.6 is 0 Å². The molecule has 1 aromatic carbocycles. The van der Waals surface area contributed by atoms with Crippen molar-refractivity contribution in [3.8, 4) is 0 Å². The minimum absolute atomic E-state index is 0.179. The monoisotopic (exact) mass is 251 g/mol. The van der Waals surface area contributed by atoms with Gasteiger partial charge in [-0.2, -0.15) is 0 Å². The lowest BCUT2D eigenvalue weighted by Crippen LogP contribution is -2.50. The van der Waals surface area contributed by atoms with Crippen molar-refractivity contribution in [2.75, 3.05) is 6.54 Å². The second-order valence-corrected chi connectivity index (χ2v) is 5.77. The minimum Gasteiger partial charge on any atom is -0.389 e. The molecule has 1 unspecified atom stereocenters. The summed E-state index contributed by atoms with van der Waals surface area (Å²) in [4.78, 5) is 0. The molecule has 100 valence electrons. The van der Waals surface area contributed by atoms with Gasteiger partial charge in [-0.15, -0.1) is 0 Å². The fraction of sp³-hybridized carbons (Fsp3) is 0.600. The number of halogens is 1. The molecule has 18 heavy (non-hydrogen) atoms. The number of benzene rings is 1. The first-order valence-electron chi connectivity index (χ1n) is 6.66. The zero-order valence-corrected chi connectivity index (χ0v) is 11.0. The molecule has 1 aliphatic carbocycles. The van der Waals surface area contributed by atoms with Gasteiger partial charge in [-0.25, -0.2) is 4.39 Å². The van der Waals surface area contributed by atoms with Gasteiger partial charge < -0.3 is 10.8 Å². The van der Waals surface area contributed by atoms with E-state index in [0.29, 0.717) is 13.0 Å². The minimum atomic E-state index is -0.823. The van der Waals surface area contributed by atoms with Crippen molar-refractivity contribution in [3.63, 3.8) is 0 Å². The molecule has 3 N–H and O–H groups in total. The number of nitrogens with two attached hydrogens (primary N) is 1. The van der Waals surface area contributed by atoms with Crippen LogP contribution < -0.4 is 5.73 Å². The van der Waals surface area contributed by atoms with E-state index in [0.717, 1.165) is 31.2 Å². The van der Waals surface area contributed by atoms with Crippen LogP contribution in [0.3, 0.4) is 0 Å². The topological polar surface area (TPSA) is 46.2 Å². The third kappa shape index (κ3) is 2.43. The summed E-state index contributed by atoms with van der Waals surface area (Å²) in [5, 5.41) is 10.8. The van der Waals surface area contributed by atoms with Gasteiger partial charge in [0.25, 0.3) is 0 Å². The maximum atomic E-state index is 12.9. The Bertz CT molecular complexity index is 393. The molecular weight excluding hydrogens is 229 g/mol. The summed E-state index contributed by atoms with van der Waals surface area (Å²) in [5.74, 6) is -0.243. The summed E-state index contributed by atoms with van der Waals surface area (Å²) in [6.45, 7) is 2.38. The lowest BCUT2D eigenvalue weighted by Gasteiger charge is -2.42. The summed E-state index contributed by atoms with van der Waals surface area (Å²) in [6.07, 6.45) is 4.77. The average Bonchev–Trinajstić information content (AvgIpc) is 2.82. The van der Waals surface area contributed by atoms with Gasteiger partial charge in [-0.05, 0) is 37.5 Å². The quantitative estimate of drug-likeness (QED) is 0.864. The Morgan fingerprint density at radius 1 is 1.28 bits per heavy atom. The Balaban J connectivity index is 2.17. The summed E-state index contributed by atoms with van der Waals surface area (Å²) >= 11 is 0. The Hall–Kier alpha value is -0.930. The maximum absolute atomic E-state index is 12.9. The van der Waals surface area contributed by atoms with E-state index in [-0.39, 0.29) is 11.2 Å². The lowest BCUT2D eigenvalue weighted by molar-refractivity contribution is -0.0625. The van der Waals surface area contributed by atoms with Crippen molar-refractivity contribution in [2.45, 2.75) is 44.6 Å². The van der Waals surface area contributed by atoms with Crippen LogP contribution in [0.2, 0.25) is 0 Å². The summed E-state index contributed by atoms with van der Waals surface area (Å²) in [7, 11) is 0. The number of hydrogen-bond acceptors (Lipinski definition) is 2. The first kappa shape index (κ1) is 13.5. The molecule has 0 heterocycles. The van der Waals surface area contributed by atoms with E-state index in [9.17, 15) is 9.50 Å². The van der Waals surface area contributed by atoms with Crippen LogP contribution in [-0.4, -0.2) is 17.3 Å². The van der Waals surface area contributed by atoms with Gasteiger partial charge in [0.1, 0.15) is 5.82 Å². The Morgan fingerprint density at radius 2 is 1.83 bits per heavy atom. The van der Waals surface area contributed by atoms with E-state index >= 15 is 0 Å². The average molecular weight is 251 g/mol. The third-order valence-corrected chi connectivity index (χ3v) is 4.56. The van der Waals surface area contributed by atoms with Crippen molar-refractivity contribution in [1.82, 2.24) is 0 Å². The maximum Gasteiger partial charge on any atom is 0.123 e. The van der Waals surface area contributed by atoms with Crippen LogP contribution in [0.25, 0.3) is 0 Å². The Morgan fingerprint density at radius 3 is 2.33 bits per heavy atom. The van der Waals surface area contributed by atoms with Gasteiger partial charge in [0, 0.05) is 18.4 Å². The van der Waals surface area contributed by atoms with Crippen molar-refractivity contribution in [2.24, 2.45) is 11.1 Å². The van der Waals surface area contributed by atoms with E-state index in [1.165, 1.54) is 12.1 Å². The van der Waals surface area contributed by atoms with Gasteiger partial charge in [0.2, 0.25) is 0 Å². The van der Waals surface area contributed by atoms with Gasteiger partial charge in [0.05, 0.1) is 5.60 Å². The number of hydrogen-bond donors (Lipinski definition) is 2. The highest BCUT2D eigenvalue weighted by molar-refractivity contribution is 5.19. The fourth-order valence-electron chi connectivity index (χ4n) is 3.20. The smallest absolute Gasteiger partial charge is 0.123 e. The predicted molar refractivity (Wildman–Crippen MR) is 70.7 cm³/mol. The lowest BCUT2D eigenvalue weighted by atomic mass is 9.68. The zero-order valence-electron chi connectivity index (χ0n) is 11.0. The molecule has 0 aromatic heterocycles. The van der Waals surface area contributed by atoms with Crippen LogP contribution in [0, 0.1) is 11.2 Å². The van der Waals surface area contributed by atoms with Crippen molar-refractivity contribution < 1.29 is 9.50 Å². The summed E-state index contributed by atoms with van der Waals surface area (Å²) in [5.41, 5.74) is 5.87. The highest BCUT2D eigenvalue weighted by atomic mass is 19.1. The fourth-order valence-corrected chi connectivity index (χ4v) is 3.20. The molecule has 1 saturated carbocycles. The van der Waals surface area contributed by atoms with Gasteiger partial charge >= 0.3 is 0 Å². The normalized spacial score (nSPS) is 21.8. The van der Waals surface area contributed by atoms with Crippen LogP contribution in [0.4, 0.5) is 4.39 Å². The predicted octanol–water partition coefficient (Wildman–Crippen LogP) is 2.64.